The van der Waals surface area contributed by atoms with Gasteiger partial charge in [-0.3, -0.25) is 24.0 Å². The summed E-state index contributed by atoms with van der Waals surface area (Å²) in [6.45, 7) is 7.02. The molecular weight excluding hydrogens is 498 g/mol. The smallest absolute Gasteiger partial charge is 0.292 e. The summed E-state index contributed by atoms with van der Waals surface area (Å²) in [6.07, 6.45) is 1.38. The van der Waals surface area contributed by atoms with Gasteiger partial charge in [0.05, 0.1) is 23.4 Å². The number of nitrogens with one attached hydrogen (secondary N) is 5. The fraction of sp³-hybridized carbons (Fsp3) is 0.345. The van der Waals surface area contributed by atoms with Crippen LogP contribution in [0.1, 0.15) is 50.9 Å². The van der Waals surface area contributed by atoms with Crippen molar-refractivity contribution in [3.05, 3.63) is 66.4 Å². The number of fused-ring (bicyclic) bond motifs is 1. The lowest BCUT2D eigenvalue weighted by atomic mass is 10.0. The van der Waals surface area contributed by atoms with Gasteiger partial charge < -0.3 is 26.3 Å². The molecule has 5 N–H and O–H groups in total. The highest BCUT2D eigenvalue weighted by atomic mass is 16.2. The zero-order valence-corrected chi connectivity index (χ0v) is 22.4. The molecule has 4 rings (SSSR count). The van der Waals surface area contributed by atoms with Crippen molar-refractivity contribution in [2.45, 2.75) is 57.7 Å². The van der Waals surface area contributed by atoms with Crippen LogP contribution in [0.4, 0.5) is 5.69 Å². The molecule has 1 aliphatic carbocycles. The van der Waals surface area contributed by atoms with Gasteiger partial charge >= 0.3 is 0 Å². The highest BCUT2D eigenvalue weighted by molar-refractivity contribution is 6.45. The van der Waals surface area contributed by atoms with Gasteiger partial charge in [-0.1, -0.05) is 36.4 Å². The maximum Gasteiger partial charge on any atom is 0.292 e. The highest BCUT2D eigenvalue weighted by Crippen LogP contribution is 2.47. The molecule has 1 fully saturated rings. The van der Waals surface area contributed by atoms with E-state index in [2.05, 4.69) is 26.3 Å². The Morgan fingerprint density at radius 2 is 1.67 bits per heavy atom. The van der Waals surface area contributed by atoms with E-state index < -0.39 is 46.5 Å². The lowest BCUT2D eigenvalue weighted by Crippen LogP contribution is -2.50. The molecule has 1 saturated carbocycles. The Kier molecular flexibility index (Phi) is 7.58. The zero-order valence-electron chi connectivity index (χ0n) is 22.4. The SMILES string of the molecule is C[C@H](NC(=O)CC1(NC(=O)C(=O)c2c[nH]c3ccccc23)C[C@H]1C(=O)NC(C)(C)C)C(=O)Nc1ccccc1. The average Bonchev–Trinajstić information content (AvgIpc) is 3.39. The number of aromatic amines is 1. The van der Waals surface area contributed by atoms with Crippen molar-refractivity contribution in [1.29, 1.82) is 0 Å². The van der Waals surface area contributed by atoms with E-state index in [0.717, 1.165) is 0 Å². The van der Waals surface area contributed by atoms with Crippen LogP contribution in [0.25, 0.3) is 10.9 Å². The number of benzene rings is 2. The number of aromatic nitrogens is 1. The summed E-state index contributed by atoms with van der Waals surface area (Å²) >= 11 is 0. The van der Waals surface area contributed by atoms with Crippen LogP contribution in [0.3, 0.4) is 0 Å². The largest absolute Gasteiger partial charge is 0.360 e. The van der Waals surface area contributed by atoms with E-state index in [-0.39, 0.29) is 24.3 Å². The first kappa shape index (κ1) is 27.6. The molecule has 0 saturated heterocycles. The molecule has 3 atom stereocenters. The monoisotopic (exact) mass is 531 g/mol. The number of Topliss-reactive ketones (excluding diaryl/α,β-unsaturated/α-hetero) is 1. The standard InChI is InChI=1S/C29H33N5O5/c1-17(25(37)32-18-10-6-5-7-11-18)31-23(35)15-29(14-21(29)26(38)33-28(2,3)4)34-27(39)24(36)20-16-30-22-13-9-8-12-19(20)22/h5-13,16-17,21,30H,14-15H2,1-4H3,(H,31,35)(H,32,37)(H,33,38)(H,34,39)/t17-,21-,29?/m0/s1. The Hall–Kier alpha value is -4.47. The van der Waals surface area contributed by atoms with Crippen LogP contribution in [-0.4, -0.2) is 51.5 Å². The summed E-state index contributed by atoms with van der Waals surface area (Å²) in [6, 6.07) is 15.0. The predicted molar refractivity (Wildman–Crippen MR) is 147 cm³/mol. The fourth-order valence-corrected chi connectivity index (χ4v) is 4.56. The second-order valence-electron chi connectivity index (χ2n) is 11.0. The van der Waals surface area contributed by atoms with E-state index in [9.17, 15) is 24.0 Å². The first-order valence-corrected chi connectivity index (χ1v) is 12.8. The molecule has 1 aliphatic rings. The van der Waals surface area contributed by atoms with Gasteiger partial charge in [0.1, 0.15) is 6.04 Å². The molecule has 3 aromatic rings. The number of para-hydroxylation sites is 2. The molecule has 1 unspecified atom stereocenters. The molecule has 4 amide bonds. The van der Waals surface area contributed by atoms with E-state index in [0.29, 0.717) is 16.6 Å². The zero-order chi connectivity index (χ0) is 28.4. The van der Waals surface area contributed by atoms with Gasteiger partial charge in [-0.05, 0) is 52.3 Å². The molecule has 2 aromatic carbocycles. The highest BCUT2D eigenvalue weighted by Gasteiger charge is 2.61. The van der Waals surface area contributed by atoms with Crippen LogP contribution < -0.4 is 21.3 Å². The van der Waals surface area contributed by atoms with E-state index in [4.69, 9.17) is 0 Å². The van der Waals surface area contributed by atoms with Crippen LogP contribution in [0.15, 0.2) is 60.8 Å². The van der Waals surface area contributed by atoms with Crippen molar-refractivity contribution in [1.82, 2.24) is 20.9 Å². The first-order valence-electron chi connectivity index (χ1n) is 12.8. The van der Waals surface area contributed by atoms with Crippen LogP contribution in [-0.2, 0) is 19.2 Å². The van der Waals surface area contributed by atoms with Crippen LogP contribution in [0, 0.1) is 5.92 Å². The minimum absolute atomic E-state index is 0.180. The van der Waals surface area contributed by atoms with Gasteiger partial charge in [-0.15, -0.1) is 0 Å². The number of ketones is 1. The molecule has 0 bridgehead atoms. The molecule has 0 aliphatic heterocycles. The molecular formula is C29H33N5O5. The van der Waals surface area contributed by atoms with Crippen LogP contribution >= 0.6 is 0 Å². The summed E-state index contributed by atoms with van der Waals surface area (Å²) < 4.78 is 0. The molecule has 10 heteroatoms. The average molecular weight is 532 g/mol. The molecule has 10 nitrogen and oxygen atoms in total. The topological polar surface area (TPSA) is 149 Å². The third kappa shape index (κ3) is 6.51. The third-order valence-corrected chi connectivity index (χ3v) is 6.58. The minimum atomic E-state index is -1.26. The summed E-state index contributed by atoms with van der Waals surface area (Å²) in [5.41, 5.74) is -0.288. The lowest BCUT2D eigenvalue weighted by Gasteiger charge is -2.23. The quantitative estimate of drug-likeness (QED) is 0.213. The van der Waals surface area contributed by atoms with Gasteiger partial charge in [0.15, 0.2) is 0 Å². The maximum absolute atomic E-state index is 13.1. The van der Waals surface area contributed by atoms with Crippen molar-refractivity contribution >= 4 is 46.0 Å². The number of rotatable bonds is 9. The summed E-state index contributed by atoms with van der Waals surface area (Å²) in [5, 5.41) is 11.5. The first-order chi connectivity index (χ1) is 18.4. The summed E-state index contributed by atoms with van der Waals surface area (Å²) in [4.78, 5) is 67.7. The Morgan fingerprint density at radius 3 is 2.36 bits per heavy atom. The number of carbonyl (C=O) groups excluding carboxylic acids is 5. The predicted octanol–water partition coefficient (Wildman–Crippen LogP) is 2.67. The molecule has 0 spiro atoms. The Morgan fingerprint density at radius 1 is 1.00 bits per heavy atom. The number of carbonyl (C=O) groups is 5. The third-order valence-electron chi connectivity index (χ3n) is 6.58. The van der Waals surface area contributed by atoms with Crippen molar-refractivity contribution in [3.63, 3.8) is 0 Å². The van der Waals surface area contributed by atoms with Gasteiger partial charge in [-0.25, -0.2) is 0 Å². The Bertz CT molecular complexity index is 1420. The van der Waals surface area contributed by atoms with Gasteiger partial charge in [-0.2, -0.15) is 0 Å². The second kappa shape index (κ2) is 10.7. The normalized spacial score (nSPS) is 19.0. The lowest BCUT2D eigenvalue weighted by molar-refractivity contribution is -0.128. The molecule has 1 aromatic heterocycles. The maximum atomic E-state index is 13.1. The van der Waals surface area contributed by atoms with Crippen LogP contribution in [0.2, 0.25) is 0 Å². The fourth-order valence-electron chi connectivity index (χ4n) is 4.56. The van der Waals surface area contributed by atoms with Crippen molar-refractivity contribution in [3.8, 4) is 0 Å². The van der Waals surface area contributed by atoms with Crippen molar-refractivity contribution < 1.29 is 24.0 Å². The number of hydrogen-bond donors (Lipinski definition) is 5. The second-order valence-corrected chi connectivity index (χ2v) is 11.0. The number of amides is 4. The van der Waals surface area contributed by atoms with Gasteiger partial charge in [0.25, 0.3) is 11.7 Å². The Balaban J connectivity index is 1.47. The Labute approximate surface area is 226 Å². The van der Waals surface area contributed by atoms with Crippen LogP contribution in [0.5, 0.6) is 0 Å². The van der Waals surface area contributed by atoms with Gasteiger partial charge in [0, 0.05) is 28.3 Å². The van der Waals surface area contributed by atoms with E-state index in [1.165, 1.54) is 6.20 Å². The minimum Gasteiger partial charge on any atom is -0.360 e. The number of hydrogen-bond acceptors (Lipinski definition) is 5. The van der Waals surface area contributed by atoms with Gasteiger partial charge in [0.2, 0.25) is 17.7 Å². The van der Waals surface area contributed by atoms with Crippen molar-refractivity contribution in [2.75, 3.05) is 5.32 Å². The molecule has 39 heavy (non-hydrogen) atoms. The van der Waals surface area contributed by atoms with E-state index in [1.807, 2.05) is 32.9 Å². The van der Waals surface area contributed by atoms with E-state index in [1.54, 1.807) is 49.4 Å². The molecule has 1 heterocycles. The summed E-state index contributed by atoms with van der Waals surface area (Å²) in [7, 11) is 0. The number of anilines is 1. The summed E-state index contributed by atoms with van der Waals surface area (Å²) in [5.74, 6) is -3.67. The number of H-pyrrole nitrogens is 1. The molecule has 204 valence electrons. The molecule has 0 radical (unpaired) electrons. The van der Waals surface area contributed by atoms with E-state index >= 15 is 0 Å². The van der Waals surface area contributed by atoms with Crippen molar-refractivity contribution in [2.24, 2.45) is 5.92 Å².